The van der Waals surface area contributed by atoms with E-state index in [1.54, 1.807) is 7.05 Å². The van der Waals surface area contributed by atoms with Crippen LogP contribution in [-0.4, -0.2) is 20.8 Å². The van der Waals surface area contributed by atoms with Gasteiger partial charge < -0.3 is 0 Å². The van der Waals surface area contributed by atoms with Crippen LogP contribution in [0.1, 0.15) is 43.1 Å². The number of unbranched alkanes of at least 4 members (excludes halogenated alkanes) is 2. The average molecular weight is 260 g/mol. The quantitative estimate of drug-likeness (QED) is 0.603. The summed E-state index contributed by atoms with van der Waals surface area (Å²) in [6.45, 7) is 2.12. The Morgan fingerprint density at radius 3 is 2.71 bits per heavy atom. The fraction of sp³-hybridized carbons (Fsp3) is 0.667. The normalized spacial score (nSPS) is 10.5. The molecule has 5 heteroatoms. The van der Waals surface area contributed by atoms with E-state index in [-0.39, 0.29) is 5.78 Å². The maximum Gasteiger partial charge on any atom is 0.183 e. The highest BCUT2D eigenvalue weighted by atomic mass is 79.9. The number of rotatable bonds is 5. The second-order valence-corrected chi connectivity index (χ2v) is 3.98. The largest absolute Gasteiger partial charge is 0.292 e. The summed E-state index contributed by atoms with van der Waals surface area (Å²) < 4.78 is 2.06. The summed E-state index contributed by atoms with van der Waals surface area (Å²) in [6, 6.07) is 0. The Balaban J connectivity index is 2.60. The molecule has 1 aromatic heterocycles. The highest BCUT2D eigenvalue weighted by Crippen LogP contribution is 2.15. The van der Waals surface area contributed by atoms with Crippen molar-refractivity contribution in [1.82, 2.24) is 15.0 Å². The molecule has 1 aromatic rings. The zero-order valence-corrected chi connectivity index (χ0v) is 10.0. The number of carbonyl (C=O) groups excluding carboxylic acids is 1. The fourth-order valence-electron chi connectivity index (χ4n) is 1.28. The van der Waals surface area contributed by atoms with Gasteiger partial charge in [-0.25, -0.2) is 4.68 Å². The third-order valence-corrected chi connectivity index (χ3v) is 2.59. The molecule has 0 aliphatic carbocycles. The number of carbonyl (C=O) groups is 1. The molecule has 0 saturated heterocycles. The zero-order valence-electron chi connectivity index (χ0n) is 8.46. The SMILES string of the molecule is CCCCCC(=O)c1c(Br)nnn1C. The maximum absolute atomic E-state index is 11.7. The lowest BCUT2D eigenvalue weighted by Gasteiger charge is -2.00. The van der Waals surface area contributed by atoms with E-state index >= 15 is 0 Å². The highest BCUT2D eigenvalue weighted by molar-refractivity contribution is 9.10. The van der Waals surface area contributed by atoms with Crippen LogP contribution in [-0.2, 0) is 7.05 Å². The van der Waals surface area contributed by atoms with Gasteiger partial charge in [0, 0.05) is 13.5 Å². The highest BCUT2D eigenvalue weighted by Gasteiger charge is 2.15. The lowest BCUT2D eigenvalue weighted by molar-refractivity contribution is 0.0969. The van der Waals surface area contributed by atoms with E-state index in [0.29, 0.717) is 16.7 Å². The van der Waals surface area contributed by atoms with Gasteiger partial charge in [-0.15, -0.1) is 5.10 Å². The van der Waals surface area contributed by atoms with Crippen LogP contribution >= 0.6 is 15.9 Å². The molecule has 0 N–H and O–H groups in total. The van der Waals surface area contributed by atoms with Gasteiger partial charge in [0.1, 0.15) is 5.69 Å². The first kappa shape index (κ1) is 11.4. The van der Waals surface area contributed by atoms with E-state index in [4.69, 9.17) is 0 Å². The van der Waals surface area contributed by atoms with Gasteiger partial charge in [-0.05, 0) is 22.4 Å². The van der Waals surface area contributed by atoms with Crippen molar-refractivity contribution >= 4 is 21.7 Å². The third kappa shape index (κ3) is 2.64. The molecular formula is C9H14BrN3O. The van der Waals surface area contributed by atoms with Gasteiger partial charge in [-0.2, -0.15) is 0 Å². The Labute approximate surface area is 91.8 Å². The van der Waals surface area contributed by atoms with Gasteiger partial charge in [0.25, 0.3) is 0 Å². The van der Waals surface area contributed by atoms with Crippen molar-refractivity contribution in [2.45, 2.75) is 32.6 Å². The summed E-state index contributed by atoms with van der Waals surface area (Å²) in [5, 5.41) is 7.54. The van der Waals surface area contributed by atoms with E-state index in [1.165, 1.54) is 4.68 Å². The van der Waals surface area contributed by atoms with E-state index in [0.717, 1.165) is 19.3 Å². The van der Waals surface area contributed by atoms with Crippen LogP contribution in [0.15, 0.2) is 4.60 Å². The molecule has 0 spiro atoms. The number of Topliss-reactive ketones (excluding diaryl/α,β-unsaturated/α-hetero) is 1. The molecule has 0 aromatic carbocycles. The second-order valence-electron chi connectivity index (χ2n) is 3.23. The van der Waals surface area contributed by atoms with Crippen LogP contribution in [0, 0.1) is 0 Å². The third-order valence-electron chi connectivity index (χ3n) is 2.06. The molecule has 0 aliphatic rings. The Hall–Kier alpha value is -0.710. The van der Waals surface area contributed by atoms with E-state index in [1.807, 2.05) is 0 Å². The Morgan fingerprint density at radius 2 is 2.21 bits per heavy atom. The zero-order chi connectivity index (χ0) is 10.6. The number of nitrogens with zero attached hydrogens (tertiary/aromatic N) is 3. The molecule has 1 heterocycles. The number of ketones is 1. The molecule has 0 radical (unpaired) electrons. The number of aromatic nitrogens is 3. The van der Waals surface area contributed by atoms with Crippen LogP contribution in [0.25, 0.3) is 0 Å². The minimum Gasteiger partial charge on any atom is -0.292 e. The van der Waals surface area contributed by atoms with Crippen molar-refractivity contribution < 1.29 is 4.79 Å². The van der Waals surface area contributed by atoms with Crippen molar-refractivity contribution in [2.75, 3.05) is 0 Å². The predicted molar refractivity (Wildman–Crippen MR) is 57.2 cm³/mol. The maximum atomic E-state index is 11.7. The molecule has 0 bridgehead atoms. The lowest BCUT2D eigenvalue weighted by Crippen LogP contribution is -2.07. The van der Waals surface area contributed by atoms with E-state index in [2.05, 4.69) is 33.2 Å². The summed E-state index contributed by atoms with van der Waals surface area (Å²) in [7, 11) is 1.73. The average Bonchev–Trinajstić information content (AvgIpc) is 2.46. The fourth-order valence-corrected chi connectivity index (χ4v) is 1.83. The summed E-state index contributed by atoms with van der Waals surface area (Å²) in [6.07, 6.45) is 3.73. The summed E-state index contributed by atoms with van der Waals surface area (Å²) >= 11 is 3.21. The van der Waals surface area contributed by atoms with Crippen molar-refractivity contribution in [3.05, 3.63) is 10.3 Å². The van der Waals surface area contributed by atoms with Crippen LogP contribution in [0.5, 0.6) is 0 Å². The van der Waals surface area contributed by atoms with Gasteiger partial charge in [-0.1, -0.05) is 25.0 Å². The second kappa shape index (κ2) is 5.24. The van der Waals surface area contributed by atoms with Gasteiger partial charge in [-0.3, -0.25) is 4.79 Å². The van der Waals surface area contributed by atoms with Crippen molar-refractivity contribution in [3.8, 4) is 0 Å². The summed E-state index contributed by atoms with van der Waals surface area (Å²) in [4.78, 5) is 11.7. The van der Waals surface area contributed by atoms with Crippen molar-refractivity contribution in [3.63, 3.8) is 0 Å². The minimum atomic E-state index is 0.109. The van der Waals surface area contributed by atoms with Gasteiger partial charge in [0.2, 0.25) is 0 Å². The Morgan fingerprint density at radius 1 is 1.50 bits per heavy atom. The number of hydrogen-bond acceptors (Lipinski definition) is 3. The molecule has 0 amide bonds. The molecule has 0 fully saturated rings. The molecule has 4 nitrogen and oxygen atoms in total. The number of halogens is 1. The molecular weight excluding hydrogens is 246 g/mol. The molecule has 14 heavy (non-hydrogen) atoms. The standard InChI is InChI=1S/C9H14BrN3O/c1-3-4-5-6-7(14)8-9(10)11-12-13(8)2/h3-6H2,1-2H3. The number of aryl methyl sites for hydroxylation is 1. The minimum absolute atomic E-state index is 0.109. The van der Waals surface area contributed by atoms with Crippen molar-refractivity contribution in [2.24, 2.45) is 7.05 Å². The molecule has 0 saturated carbocycles. The van der Waals surface area contributed by atoms with Crippen LogP contribution < -0.4 is 0 Å². The topological polar surface area (TPSA) is 47.8 Å². The monoisotopic (exact) mass is 259 g/mol. The van der Waals surface area contributed by atoms with Crippen molar-refractivity contribution in [1.29, 1.82) is 0 Å². The first-order valence-electron chi connectivity index (χ1n) is 4.75. The van der Waals surface area contributed by atoms with Gasteiger partial charge >= 0.3 is 0 Å². The Bertz CT molecular complexity index is 302. The molecule has 1 rings (SSSR count). The van der Waals surface area contributed by atoms with E-state index < -0.39 is 0 Å². The predicted octanol–water partition coefficient (Wildman–Crippen LogP) is 2.34. The first-order chi connectivity index (χ1) is 6.66. The molecule has 0 unspecified atom stereocenters. The summed E-state index contributed by atoms with van der Waals surface area (Å²) in [5.41, 5.74) is 0.570. The van der Waals surface area contributed by atoms with Crippen LogP contribution in [0.4, 0.5) is 0 Å². The molecule has 78 valence electrons. The molecule has 0 atom stereocenters. The Kier molecular flexibility index (Phi) is 4.25. The lowest BCUT2D eigenvalue weighted by atomic mass is 10.1. The smallest absolute Gasteiger partial charge is 0.183 e. The van der Waals surface area contributed by atoms with Crippen LogP contribution in [0.2, 0.25) is 0 Å². The number of hydrogen-bond donors (Lipinski definition) is 0. The summed E-state index contributed by atoms with van der Waals surface area (Å²) in [5.74, 6) is 0.109. The van der Waals surface area contributed by atoms with Gasteiger partial charge in [0.15, 0.2) is 10.4 Å². The van der Waals surface area contributed by atoms with Gasteiger partial charge in [0.05, 0.1) is 0 Å². The van der Waals surface area contributed by atoms with E-state index in [9.17, 15) is 4.79 Å². The molecule has 0 aliphatic heterocycles. The first-order valence-corrected chi connectivity index (χ1v) is 5.54. The van der Waals surface area contributed by atoms with Crippen LogP contribution in [0.3, 0.4) is 0 Å².